The minimum atomic E-state index is -0.172. The average Bonchev–Trinajstić information content (AvgIpc) is 2.86. The van der Waals surface area contributed by atoms with Crippen LogP contribution >= 0.6 is 22.9 Å². The first-order valence-electron chi connectivity index (χ1n) is 5.98. The number of nitrogens with two attached hydrogens (primary N) is 1. The van der Waals surface area contributed by atoms with E-state index in [0.717, 1.165) is 10.1 Å². The zero-order chi connectivity index (χ0) is 14.1. The zero-order valence-corrected chi connectivity index (χ0v) is 12.0. The number of halogens is 1. The fourth-order valence-electron chi connectivity index (χ4n) is 1.98. The molecule has 0 bridgehead atoms. The van der Waals surface area contributed by atoms with Gasteiger partial charge in [0.1, 0.15) is 0 Å². The molecule has 3 N–H and O–H groups in total. The van der Waals surface area contributed by atoms with Gasteiger partial charge < -0.3 is 11.1 Å². The van der Waals surface area contributed by atoms with Crippen LogP contribution < -0.4 is 11.1 Å². The van der Waals surface area contributed by atoms with Gasteiger partial charge in [0.25, 0.3) is 5.91 Å². The minimum absolute atomic E-state index is 0.172. The van der Waals surface area contributed by atoms with E-state index in [1.165, 1.54) is 0 Å². The summed E-state index contributed by atoms with van der Waals surface area (Å²) in [4.78, 5) is 12.3. The number of hydrogen-bond donors (Lipinski definition) is 2. The Balaban J connectivity index is 1.93. The van der Waals surface area contributed by atoms with E-state index in [4.69, 9.17) is 17.3 Å². The summed E-state index contributed by atoms with van der Waals surface area (Å²) in [6, 6.07) is 12.8. The lowest BCUT2D eigenvalue weighted by Crippen LogP contribution is -2.11. The molecule has 1 aromatic heterocycles. The molecule has 1 heterocycles. The van der Waals surface area contributed by atoms with Crippen molar-refractivity contribution in [3.8, 4) is 0 Å². The van der Waals surface area contributed by atoms with Crippen molar-refractivity contribution in [1.29, 1.82) is 0 Å². The average molecular weight is 303 g/mol. The third kappa shape index (κ3) is 2.35. The normalized spacial score (nSPS) is 10.7. The summed E-state index contributed by atoms with van der Waals surface area (Å²) in [5.41, 5.74) is 7.40. The van der Waals surface area contributed by atoms with Crippen LogP contribution in [0.2, 0.25) is 5.02 Å². The Morgan fingerprint density at radius 3 is 2.80 bits per heavy atom. The highest BCUT2D eigenvalue weighted by Gasteiger charge is 2.13. The molecule has 20 heavy (non-hydrogen) atoms. The van der Waals surface area contributed by atoms with Crippen molar-refractivity contribution >= 4 is 50.3 Å². The molecule has 0 unspecified atom stereocenters. The summed E-state index contributed by atoms with van der Waals surface area (Å²) in [6.45, 7) is 0. The van der Waals surface area contributed by atoms with Crippen LogP contribution in [0.5, 0.6) is 0 Å². The highest BCUT2D eigenvalue weighted by atomic mass is 35.5. The van der Waals surface area contributed by atoms with Gasteiger partial charge in [0, 0.05) is 21.2 Å². The van der Waals surface area contributed by atoms with Crippen LogP contribution in [0.15, 0.2) is 47.8 Å². The van der Waals surface area contributed by atoms with E-state index < -0.39 is 0 Å². The van der Waals surface area contributed by atoms with E-state index >= 15 is 0 Å². The molecule has 0 aliphatic heterocycles. The highest BCUT2D eigenvalue weighted by Crippen LogP contribution is 2.28. The fraction of sp³-hybridized carbons (Fsp3) is 0. The number of carbonyl (C=O) groups is 1. The Bertz CT molecular complexity index is 797. The number of rotatable bonds is 2. The number of nitrogens with one attached hydrogen (secondary N) is 1. The van der Waals surface area contributed by atoms with Crippen LogP contribution in [0.3, 0.4) is 0 Å². The zero-order valence-electron chi connectivity index (χ0n) is 10.4. The molecule has 0 atom stereocenters. The van der Waals surface area contributed by atoms with Crippen LogP contribution in [0.4, 0.5) is 11.4 Å². The standard InChI is InChI=1S/C15H11ClN2OS/c16-12-7-9(17)5-6-13(12)18-15(19)11-8-20-14-4-2-1-3-10(11)14/h1-8H,17H2,(H,18,19). The first-order chi connectivity index (χ1) is 9.65. The first kappa shape index (κ1) is 13.0. The van der Waals surface area contributed by atoms with Crippen LogP contribution in [0, 0.1) is 0 Å². The lowest BCUT2D eigenvalue weighted by molar-refractivity contribution is 0.102. The monoisotopic (exact) mass is 302 g/mol. The maximum Gasteiger partial charge on any atom is 0.257 e. The second kappa shape index (κ2) is 5.15. The number of hydrogen-bond acceptors (Lipinski definition) is 3. The third-order valence-corrected chi connectivity index (χ3v) is 4.24. The van der Waals surface area contributed by atoms with E-state index in [2.05, 4.69) is 5.32 Å². The summed E-state index contributed by atoms with van der Waals surface area (Å²) in [5, 5.41) is 6.04. The van der Waals surface area contributed by atoms with Crippen molar-refractivity contribution in [1.82, 2.24) is 0 Å². The molecule has 100 valence electrons. The molecule has 2 aromatic carbocycles. The van der Waals surface area contributed by atoms with Gasteiger partial charge in [-0.1, -0.05) is 29.8 Å². The van der Waals surface area contributed by atoms with Gasteiger partial charge >= 0.3 is 0 Å². The highest BCUT2D eigenvalue weighted by molar-refractivity contribution is 7.17. The van der Waals surface area contributed by atoms with Crippen molar-refractivity contribution < 1.29 is 4.79 Å². The maximum atomic E-state index is 12.3. The smallest absolute Gasteiger partial charge is 0.257 e. The molecule has 0 spiro atoms. The summed E-state index contributed by atoms with van der Waals surface area (Å²) >= 11 is 7.61. The summed E-state index contributed by atoms with van der Waals surface area (Å²) in [7, 11) is 0. The molecule has 0 fully saturated rings. The van der Waals surface area contributed by atoms with Crippen molar-refractivity contribution in [2.75, 3.05) is 11.1 Å². The van der Waals surface area contributed by atoms with E-state index in [1.54, 1.807) is 29.5 Å². The molecule has 3 rings (SSSR count). The summed E-state index contributed by atoms with van der Waals surface area (Å²) in [5.74, 6) is -0.172. The lowest BCUT2D eigenvalue weighted by Gasteiger charge is -2.07. The minimum Gasteiger partial charge on any atom is -0.399 e. The van der Waals surface area contributed by atoms with Gasteiger partial charge in [-0.05, 0) is 24.3 Å². The van der Waals surface area contributed by atoms with Crippen molar-refractivity contribution in [2.24, 2.45) is 0 Å². The first-order valence-corrected chi connectivity index (χ1v) is 7.23. The predicted molar refractivity (Wildman–Crippen MR) is 85.6 cm³/mol. The Morgan fingerprint density at radius 1 is 1.20 bits per heavy atom. The Kier molecular flexibility index (Phi) is 3.34. The fourth-order valence-corrected chi connectivity index (χ4v) is 3.15. The van der Waals surface area contributed by atoms with Gasteiger partial charge in [-0.3, -0.25) is 4.79 Å². The van der Waals surface area contributed by atoms with Gasteiger partial charge in [-0.15, -0.1) is 11.3 Å². The van der Waals surface area contributed by atoms with E-state index in [-0.39, 0.29) is 5.91 Å². The third-order valence-electron chi connectivity index (χ3n) is 2.97. The van der Waals surface area contributed by atoms with Gasteiger partial charge in [-0.25, -0.2) is 0 Å². The molecular weight excluding hydrogens is 292 g/mol. The van der Waals surface area contributed by atoms with E-state index in [0.29, 0.717) is 22.0 Å². The quantitative estimate of drug-likeness (QED) is 0.690. The second-order valence-electron chi connectivity index (χ2n) is 4.34. The number of benzene rings is 2. The largest absolute Gasteiger partial charge is 0.399 e. The number of thiophene rings is 1. The van der Waals surface area contributed by atoms with Crippen molar-refractivity contribution in [2.45, 2.75) is 0 Å². The Hall–Kier alpha value is -2.04. The maximum absolute atomic E-state index is 12.3. The topological polar surface area (TPSA) is 55.1 Å². The number of carbonyl (C=O) groups excluding carboxylic acids is 1. The molecule has 5 heteroatoms. The molecule has 3 aromatic rings. The van der Waals surface area contributed by atoms with Gasteiger partial charge in [0.2, 0.25) is 0 Å². The van der Waals surface area contributed by atoms with E-state index in [9.17, 15) is 4.79 Å². The van der Waals surface area contributed by atoms with Crippen LogP contribution in [0.1, 0.15) is 10.4 Å². The van der Waals surface area contributed by atoms with Gasteiger partial charge in [0.15, 0.2) is 0 Å². The lowest BCUT2D eigenvalue weighted by atomic mass is 10.1. The van der Waals surface area contributed by atoms with Crippen LogP contribution in [-0.2, 0) is 0 Å². The van der Waals surface area contributed by atoms with Crippen molar-refractivity contribution in [3.63, 3.8) is 0 Å². The van der Waals surface area contributed by atoms with Crippen LogP contribution in [0.25, 0.3) is 10.1 Å². The number of nitrogen functional groups attached to an aromatic ring is 1. The number of fused-ring (bicyclic) bond motifs is 1. The molecule has 0 aliphatic rings. The molecule has 0 saturated heterocycles. The second-order valence-corrected chi connectivity index (χ2v) is 5.66. The van der Waals surface area contributed by atoms with Gasteiger partial charge in [0.05, 0.1) is 16.3 Å². The molecule has 0 saturated carbocycles. The van der Waals surface area contributed by atoms with Crippen LogP contribution in [-0.4, -0.2) is 5.91 Å². The molecule has 0 radical (unpaired) electrons. The predicted octanol–water partition coefficient (Wildman–Crippen LogP) is 4.39. The SMILES string of the molecule is Nc1ccc(NC(=O)c2csc3ccccc23)c(Cl)c1. The number of amides is 1. The molecule has 3 nitrogen and oxygen atoms in total. The van der Waals surface area contributed by atoms with Crippen molar-refractivity contribution in [3.05, 3.63) is 58.4 Å². The Labute approximate surface area is 125 Å². The summed E-state index contributed by atoms with van der Waals surface area (Å²) in [6.07, 6.45) is 0. The molecular formula is C15H11ClN2OS. The Morgan fingerprint density at radius 2 is 2.00 bits per heavy atom. The van der Waals surface area contributed by atoms with E-state index in [1.807, 2.05) is 29.6 Å². The number of anilines is 2. The molecule has 1 amide bonds. The molecule has 0 aliphatic carbocycles. The van der Waals surface area contributed by atoms with Gasteiger partial charge in [-0.2, -0.15) is 0 Å². The summed E-state index contributed by atoms with van der Waals surface area (Å²) < 4.78 is 1.08.